The molecule has 24 nitrogen and oxygen atoms in total. The Morgan fingerprint density at radius 1 is 0.250 bits per heavy atom. The van der Waals surface area contributed by atoms with Gasteiger partial charge in [0.15, 0.2) is 0 Å². The number of thioether (sulfide) groups is 8. The van der Waals surface area contributed by atoms with Gasteiger partial charge in [-0.25, -0.2) is 0 Å². The maximum absolute atomic E-state index is 13.7. The molecule has 0 aliphatic carbocycles. The molecule has 0 N–H and O–H groups in total. The number of nitrogens with zero attached hydrogens (tertiary/aromatic N) is 4. The number of ether oxygens (including phenoxy) is 16. The molecular weight excluding hydrogens is 1590 g/mol. The van der Waals surface area contributed by atoms with Gasteiger partial charge >= 0.3 is 0 Å². The van der Waals surface area contributed by atoms with E-state index in [9.17, 15) is 19.2 Å². The SMILES string of the molecule is [2H]CCCCSCCCCSCCC(=O)N(CCCSCCCCSCCC(=O)N(CCCSCCCCSCCC(=O)N(CCCSCCCCSCCC(=O)N(CC=C)CCOCCOCCOCCOC)CCOCCOCCOCCOC)CCOCCOCCOCCOC)CCOCCOCCOCCOC. The Balaban J connectivity index is 4.89. The fourth-order valence-corrected chi connectivity index (χ4v) is 17.6. The van der Waals surface area contributed by atoms with Crippen LogP contribution < -0.4 is 0 Å². The summed E-state index contributed by atoms with van der Waals surface area (Å²) >= 11 is 15.3. The van der Waals surface area contributed by atoms with Crippen molar-refractivity contribution in [3.63, 3.8) is 0 Å². The van der Waals surface area contributed by atoms with E-state index in [1.165, 1.54) is 18.6 Å². The van der Waals surface area contributed by atoms with Crippen molar-refractivity contribution >= 4 is 118 Å². The minimum atomic E-state index is 0.122. The van der Waals surface area contributed by atoms with E-state index in [0.717, 1.165) is 163 Å². The summed E-state index contributed by atoms with van der Waals surface area (Å²) in [4.78, 5) is 61.5. The predicted octanol–water partition coefficient (Wildman–Crippen LogP) is 11.8. The summed E-state index contributed by atoms with van der Waals surface area (Å²) in [6.45, 7) is 23.4. The van der Waals surface area contributed by atoms with Crippen LogP contribution in [0.1, 0.15) is 117 Å². The fraction of sp³-hybridized carbons (Fsp3) is 0.925. The van der Waals surface area contributed by atoms with E-state index >= 15 is 0 Å². The molecule has 0 fully saturated rings. The summed E-state index contributed by atoms with van der Waals surface area (Å²) < 4.78 is 95.1. The number of unbranched alkanes of at least 4 members (excludes halogenated alkanes) is 5. The topological polar surface area (TPSA) is 229 Å². The number of carbonyl (C=O) groups excluding carboxylic acids is 4. The van der Waals surface area contributed by atoms with Gasteiger partial charge in [0.25, 0.3) is 0 Å². The Hall–Kier alpha value is -0.220. The average molecular weight is 1750 g/mol. The van der Waals surface area contributed by atoms with Crippen LogP contribution in [-0.2, 0) is 95.0 Å². The van der Waals surface area contributed by atoms with Crippen LogP contribution in [-0.4, -0.2) is 401 Å². The van der Waals surface area contributed by atoms with Crippen LogP contribution in [0.25, 0.3) is 0 Å². The Bertz CT molecular complexity index is 2010. The van der Waals surface area contributed by atoms with Crippen LogP contribution in [0.5, 0.6) is 0 Å². The summed E-state index contributed by atoms with van der Waals surface area (Å²) in [5, 5.41) is 0. The molecule has 0 atom stereocenters. The summed E-state index contributed by atoms with van der Waals surface area (Å²) in [5.74, 6) is 16.6. The first-order chi connectivity index (χ1) is 55.8. The molecule has 0 radical (unpaired) electrons. The average Bonchev–Trinajstić information content (AvgIpc) is 0.962. The van der Waals surface area contributed by atoms with Gasteiger partial charge < -0.3 is 95.4 Å². The molecule has 0 bridgehead atoms. The molecule has 0 aromatic carbocycles. The number of rotatable bonds is 97. The third-order valence-electron chi connectivity index (χ3n) is 16.3. The molecule has 0 aromatic heterocycles. The first-order valence-corrected chi connectivity index (χ1v) is 50.5. The molecule has 0 unspecified atom stereocenters. The third-order valence-corrected chi connectivity index (χ3v) is 25.2. The molecule has 0 heterocycles. The summed E-state index contributed by atoms with van der Waals surface area (Å²) in [5.41, 5.74) is 0. The highest BCUT2D eigenvalue weighted by Gasteiger charge is 2.18. The van der Waals surface area contributed by atoms with E-state index in [1.807, 2.05) is 114 Å². The summed E-state index contributed by atoms with van der Waals surface area (Å²) in [6, 6.07) is 0. The van der Waals surface area contributed by atoms with Crippen LogP contribution >= 0.6 is 94.1 Å². The van der Waals surface area contributed by atoms with E-state index in [0.29, 0.717) is 263 Å². The van der Waals surface area contributed by atoms with Crippen molar-refractivity contribution in [3.05, 3.63) is 12.7 Å². The predicted molar refractivity (Wildman–Crippen MR) is 477 cm³/mol. The highest BCUT2D eigenvalue weighted by Crippen LogP contribution is 2.18. The van der Waals surface area contributed by atoms with Gasteiger partial charge in [-0.1, -0.05) is 19.4 Å². The largest absolute Gasteiger partial charge is 0.382 e. The molecule has 0 spiro atoms. The number of hydrogen-bond acceptors (Lipinski definition) is 28. The highest BCUT2D eigenvalue weighted by molar-refractivity contribution is 8.00. The van der Waals surface area contributed by atoms with Crippen LogP contribution in [0.15, 0.2) is 12.7 Å². The van der Waals surface area contributed by atoms with Gasteiger partial charge in [-0.2, -0.15) is 94.1 Å². The molecule has 32 heteroatoms. The molecule has 112 heavy (non-hydrogen) atoms. The van der Waals surface area contributed by atoms with Crippen molar-refractivity contribution in [3.8, 4) is 0 Å². The Labute approximate surface area is 715 Å². The lowest BCUT2D eigenvalue weighted by molar-refractivity contribution is -0.132. The lowest BCUT2D eigenvalue weighted by Crippen LogP contribution is -2.35. The van der Waals surface area contributed by atoms with E-state index in [2.05, 4.69) is 6.58 Å². The van der Waals surface area contributed by atoms with Crippen molar-refractivity contribution in [2.75, 3.05) is 358 Å². The minimum Gasteiger partial charge on any atom is -0.382 e. The molecule has 4 amide bonds. The lowest BCUT2D eigenvalue weighted by atomic mass is 10.3. The standard InChI is InChI=1S/C80H156N4O20S8/c1-7-9-61-105-62-10-14-66-110-74-22-78(86)82(30-34-94-46-50-102-58-54-98-42-38-90-4)26-19-71-107-64-12-16-68-112-76-24-80(88)84(32-36-96-48-52-104-60-56-100-44-40-92-6)28-20-72-108-65-13-17-69-111-75-23-79(87)83(31-35-95-47-51-103-59-55-99-43-39-91-5)27-18-70-106-63-11-15-67-109-73-21-77(85)81(25-8-2)29-33-93-45-49-101-57-53-97-41-37-89-3/h8H,2,7,9-76H2,1,3-6H3/i1D. The van der Waals surface area contributed by atoms with Crippen molar-refractivity contribution in [2.45, 2.75) is 116 Å². The zero-order valence-corrected chi connectivity index (χ0v) is 76.5. The smallest absolute Gasteiger partial charge is 0.223 e. The molecule has 664 valence electrons. The van der Waals surface area contributed by atoms with E-state index in [1.54, 1.807) is 34.5 Å². The molecule has 0 rings (SSSR count). The molecule has 0 aliphatic rings. The Kier molecular flexibility index (Phi) is 94.3. The van der Waals surface area contributed by atoms with Crippen molar-refractivity contribution < 1.29 is 96.3 Å². The van der Waals surface area contributed by atoms with Gasteiger partial charge in [0.05, 0.1) is 185 Å². The third kappa shape index (κ3) is 83.4. The van der Waals surface area contributed by atoms with Crippen molar-refractivity contribution in [2.24, 2.45) is 0 Å². The lowest BCUT2D eigenvalue weighted by Gasteiger charge is -2.23. The molecule has 0 aromatic rings. The van der Waals surface area contributed by atoms with Gasteiger partial charge in [-0.05, 0) is 146 Å². The Morgan fingerprint density at radius 3 is 0.661 bits per heavy atom. The van der Waals surface area contributed by atoms with Crippen molar-refractivity contribution in [1.29, 1.82) is 0 Å². The fourth-order valence-electron chi connectivity index (χ4n) is 9.99. The second kappa shape index (κ2) is 96.2. The van der Waals surface area contributed by atoms with E-state index in [-0.39, 0.29) is 23.6 Å². The van der Waals surface area contributed by atoms with E-state index < -0.39 is 0 Å². The van der Waals surface area contributed by atoms with Crippen molar-refractivity contribution in [1.82, 2.24) is 19.6 Å². The summed E-state index contributed by atoms with van der Waals surface area (Å²) in [6.07, 6.45) is 17.8. The van der Waals surface area contributed by atoms with E-state index in [4.69, 9.17) is 77.2 Å². The van der Waals surface area contributed by atoms with Gasteiger partial charge in [-0.15, -0.1) is 6.58 Å². The minimum absolute atomic E-state index is 0.122. The second-order valence-corrected chi connectivity index (χ2v) is 35.4. The number of methoxy groups -OCH3 is 4. The quantitative estimate of drug-likeness (QED) is 0.0407. The zero-order chi connectivity index (χ0) is 81.8. The maximum atomic E-state index is 13.7. The highest BCUT2D eigenvalue weighted by atomic mass is 32.2. The van der Waals surface area contributed by atoms with Gasteiger partial charge in [0.1, 0.15) is 0 Å². The summed E-state index contributed by atoms with van der Waals surface area (Å²) in [7, 11) is 6.60. The first-order valence-electron chi connectivity index (χ1n) is 42.0. The Morgan fingerprint density at radius 2 is 0.438 bits per heavy atom. The molecule has 0 saturated carbocycles. The van der Waals surface area contributed by atoms with Crippen LogP contribution in [0.2, 0.25) is 0 Å². The molecule has 0 saturated heterocycles. The molecule has 0 aliphatic heterocycles. The first kappa shape index (κ1) is 110. The van der Waals surface area contributed by atoms with Gasteiger partial charge in [0, 0.05) is 131 Å². The van der Waals surface area contributed by atoms with Crippen LogP contribution in [0.4, 0.5) is 0 Å². The second-order valence-electron chi connectivity index (χ2n) is 25.6. The number of hydrogen-bond donors (Lipinski definition) is 0. The zero-order valence-electron chi connectivity index (χ0n) is 71.0. The van der Waals surface area contributed by atoms with Crippen LogP contribution in [0, 0.1) is 0 Å². The number of amides is 4. The van der Waals surface area contributed by atoms with Crippen LogP contribution in [0.3, 0.4) is 0 Å². The normalized spacial score (nSPS) is 11.7. The monoisotopic (exact) mass is 1750 g/mol. The number of carbonyl (C=O) groups is 4. The molecular formula is C80H156N4O20S8. The van der Waals surface area contributed by atoms with Gasteiger partial charge in [-0.3, -0.25) is 19.2 Å². The maximum Gasteiger partial charge on any atom is 0.223 e. The van der Waals surface area contributed by atoms with Gasteiger partial charge in [0.2, 0.25) is 23.6 Å².